The SMILES string of the molecule is CCn1c(=O)c(N2CCC(C(=O)NCCCN3CCCCC3)CC2)nc2ccccc21. The molecule has 0 bridgehead atoms. The van der Waals surface area contributed by atoms with Gasteiger partial charge in [-0.05, 0) is 70.8 Å². The van der Waals surface area contributed by atoms with Crippen LogP contribution in [0.2, 0.25) is 0 Å². The van der Waals surface area contributed by atoms with Gasteiger partial charge in [0.1, 0.15) is 0 Å². The summed E-state index contributed by atoms with van der Waals surface area (Å²) in [5.74, 6) is 0.705. The van der Waals surface area contributed by atoms with Crippen LogP contribution in [0.25, 0.3) is 11.0 Å². The number of carbonyl (C=O) groups is 1. The summed E-state index contributed by atoms with van der Waals surface area (Å²) in [7, 11) is 0. The van der Waals surface area contributed by atoms with Crippen molar-refractivity contribution >= 4 is 22.8 Å². The Bertz CT molecular complexity index is 943. The van der Waals surface area contributed by atoms with E-state index in [4.69, 9.17) is 0 Å². The molecule has 1 amide bonds. The predicted octanol–water partition coefficient (Wildman–Crippen LogP) is 2.63. The van der Waals surface area contributed by atoms with Crippen LogP contribution in [-0.4, -0.2) is 59.6 Å². The van der Waals surface area contributed by atoms with E-state index in [1.165, 1.54) is 32.4 Å². The molecule has 1 aromatic heterocycles. The number of nitrogens with zero attached hydrogens (tertiary/aromatic N) is 4. The Morgan fingerprint density at radius 1 is 1.10 bits per heavy atom. The minimum absolute atomic E-state index is 0.0279. The molecule has 1 N–H and O–H groups in total. The first-order chi connectivity index (χ1) is 15.2. The highest BCUT2D eigenvalue weighted by Crippen LogP contribution is 2.22. The zero-order valence-corrected chi connectivity index (χ0v) is 18.7. The van der Waals surface area contributed by atoms with E-state index in [0.717, 1.165) is 43.4 Å². The molecule has 2 saturated heterocycles. The molecule has 2 aliphatic heterocycles. The van der Waals surface area contributed by atoms with Crippen molar-refractivity contribution in [1.29, 1.82) is 0 Å². The van der Waals surface area contributed by atoms with Crippen LogP contribution in [0.4, 0.5) is 5.82 Å². The lowest BCUT2D eigenvalue weighted by molar-refractivity contribution is -0.125. The highest BCUT2D eigenvalue weighted by atomic mass is 16.2. The topological polar surface area (TPSA) is 70.5 Å². The molecule has 0 unspecified atom stereocenters. The van der Waals surface area contributed by atoms with Gasteiger partial charge in [0.05, 0.1) is 11.0 Å². The van der Waals surface area contributed by atoms with Crippen LogP contribution < -0.4 is 15.8 Å². The molecule has 2 aliphatic rings. The summed E-state index contributed by atoms with van der Waals surface area (Å²) in [6.45, 7) is 8.22. The van der Waals surface area contributed by atoms with Gasteiger partial charge in [-0.2, -0.15) is 0 Å². The van der Waals surface area contributed by atoms with Gasteiger partial charge in [0.2, 0.25) is 5.91 Å². The van der Waals surface area contributed by atoms with E-state index in [1.54, 1.807) is 4.57 Å². The number of likely N-dealkylation sites (tertiary alicyclic amines) is 1. The fourth-order valence-electron chi connectivity index (χ4n) is 4.89. The number of benzene rings is 1. The Kier molecular flexibility index (Phi) is 7.22. The molecule has 2 aromatic rings. The summed E-state index contributed by atoms with van der Waals surface area (Å²) in [6.07, 6.45) is 6.51. The molecule has 168 valence electrons. The Labute approximate surface area is 184 Å². The van der Waals surface area contributed by atoms with Crippen molar-refractivity contribution in [2.24, 2.45) is 5.92 Å². The zero-order chi connectivity index (χ0) is 21.6. The normalized spacial score (nSPS) is 18.4. The summed E-state index contributed by atoms with van der Waals surface area (Å²) in [5.41, 5.74) is 1.67. The van der Waals surface area contributed by atoms with E-state index in [2.05, 4.69) is 20.1 Å². The maximum atomic E-state index is 13.0. The summed E-state index contributed by atoms with van der Waals surface area (Å²) >= 11 is 0. The van der Waals surface area contributed by atoms with Crippen LogP contribution in [0.1, 0.15) is 45.4 Å². The number of fused-ring (bicyclic) bond motifs is 1. The third-order valence-electron chi connectivity index (χ3n) is 6.72. The standard InChI is InChI=1S/C24H35N5O2/c1-2-29-21-10-5-4-9-20(21)26-22(24(29)31)28-17-11-19(12-18-28)23(30)25-13-8-16-27-14-6-3-7-15-27/h4-5,9-10,19H,2-3,6-8,11-18H2,1H3,(H,25,30). The number of piperidine rings is 2. The summed E-state index contributed by atoms with van der Waals surface area (Å²) in [4.78, 5) is 34.9. The third-order valence-corrected chi connectivity index (χ3v) is 6.72. The molecule has 0 radical (unpaired) electrons. The number of carbonyl (C=O) groups excluding carboxylic acids is 1. The smallest absolute Gasteiger partial charge is 0.293 e. The number of aryl methyl sites for hydroxylation is 1. The van der Waals surface area contributed by atoms with Gasteiger partial charge in [-0.3, -0.25) is 9.59 Å². The number of rotatable bonds is 7. The Balaban J connectivity index is 1.30. The number of nitrogens with one attached hydrogen (secondary N) is 1. The van der Waals surface area contributed by atoms with Crippen LogP contribution in [0.15, 0.2) is 29.1 Å². The predicted molar refractivity (Wildman–Crippen MR) is 125 cm³/mol. The Morgan fingerprint density at radius 2 is 1.84 bits per heavy atom. The third kappa shape index (κ3) is 5.09. The van der Waals surface area contributed by atoms with Gasteiger partial charge < -0.3 is 19.7 Å². The molecule has 0 atom stereocenters. The second-order valence-corrected chi connectivity index (χ2v) is 8.78. The zero-order valence-electron chi connectivity index (χ0n) is 18.7. The fourth-order valence-corrected chi connectivity index (χ4v) is 4.89. The van der Waals surface area contributed by atoms with Crippen molar-refractivity contribution in [3.63, 3.8) is 0 Å². The molecule has 3 heterocycles. The lowest BCUT2D eigenvalue weighted by Crippen LogP contribution is -2.43. The maximum Gasteiger partial charge on any atom is 0.293 e. The number of aromatic nitrogens is 2. The second-order valence-electron chi connectivity index (χ2n) is 8.78. The molecule has 0 spiro atoms. The number of hydrogen-bond acceptors (Lipinski definition) is 5. The molecule has 4 rings (SSSR count). The van der Waals surface area contributed by atoms with Gasteiger partial charge in [0, 0.05) is 32.1 Å². The van der Waals surface area contributed by atoms with Crippen molar-refractivity contribution in [3.05, 3.63) is 34.6 Å². The summed E-state index contributed by atoms with van der Waals surface area (Å²) < 4.78 is 1.79. The first-order valence-corrected chi connectivity index (χ1v) is 11.9. The van der Waals surface area contributed by atoms with Gasteiger partial charge >= 0.3 is 0 Å². The van der Waals surface area contributed by atoms with Crippen LogP contribution >= 0.6 is 0 Å². The van der Waals surface area contributed by atoms with E-state index < -0.39 is 0 Å². The minimum atomic E-state index is -0.0400. The molecular formula is C24H35N5O2. The first kappa shape index (κ1) is 21.8. The minimum Gasteiger partial charge on any atom is -0.356 e. The average molecular weight is 426 g/mol. The van der Waals surface area contributed by atoms with Crippen molar-refractivity contribution in [2.75, 3.05) is 44.2 Å². The average Bonchev–Trinajstić information content (AvgIpc) is 2.82. The highest BCUT2D eigenvalue weighted by molar-refractivity contribution is 5.79. The first-order valence-electron chi connectivity index (χ1n) is 11.9. The lowest BCUT2D eigenvalue weighted by atomic mass is 9.96. The lowest BCUT2D eigenvalue weighted by Gasteiger charge is -2.32. The number of para-hydroxylation sites is 2. The van der Waals surface area contributed by atoms with Crippen LogP contribution in [0.3, 0.4) is 0 Å². The van der Waals surface area contributed by atoms with Crippen LogP contribution in [-0.2, 0) is 11.3 Å². The van der Waals surface area contributed by atoms with Crippen LogP contribution in [0.5, 0.6) is 0 Å². The van der Waals surface area contributed by atoms with Crippen LogP contribution in [0, 0.1) is 5.92 Å². The van der Waals surface area contributed by atoms with Gasteiger partial charge in [-0.15, -0.1) is 0 Å². The maximum absolute atomic E-state index is 13.0. The molecule has 0 aliphatic carbocycles. The Morgan fingerprint density at radius 3 is 2.58 bits per heavy atom. The quantitative estimate of drug-likeness (QED) is 0.691. The van der Waals surface area contributed by atoms with Crippen molar-refractivity contribution in [1.82, 2.24) is 19.8 Å². The molecule has 7 nitrogen and oxygen atoms in total. The molecule has 31 heavy (non-hydrogen) atoms. The van der Waals surface area contributed by atoms with Gasteiger partial charge in [-0.1, -0.05) is 18.6 Å². The van der Waals surface area contributed by atoms with Crippen molar-refractivity contribution < 1.29 is 4.79 Å². The van der Waals surface area contributed by atoms with Gasteiger partial charge in [0.15, 0.2) is 5.82 Å². The molecular weight excluding hydrogens is 390 g/mol. The fraction of sp³-hybridized carbons (Fsp3) is 0.625. The number of amides is 1. The van der Waals surface area contributed by atoms with Gasteiger partial charge in [-0.25, -0.2) is 4.98 Å². The monoisotopic (exact) mass is 425 g/mol. The van der Waals surface area contributed by atoms with Crippen molar-refractivity contribution in [3.8, 4) is 0 Å². The number of hydrogen-bond donors (Lipinski definition) is 1. The largest absolute Gasteiger partial charge is 0.356 e. The van der Waals surface area contributed by atoms with E-state index >= 15 is 0 Å². The molecule has 7 heteroatoms. The van der Waals surface area contributed by atoms with E-state index in [0.29, 0.717) is 25.5 Å². The molecule has 0 saturated carbocycles. The molecule has 1 aromatic carbocycles. The van der Waals surface area contributed by atoms with Gasteiger partial charge in [0.25, 0.3) is 5.56 Å². The van der Waals surface area contributed by atoms with Crippen molar-refractivity contribution in [2.45, 2.75) is 52.0 Å². The highest BCUT2D eigenvalue weighted by Gasteiger charge is 2.27. The van der Waals surface area contributed by atoms with E-state index in [-0.39, 0.29) is 17.4 Å². The molecule has 2 fully saturated rings. The summed E-state index contributed by atoms with van der Waals surface area (Å²) in [5, 5.41) is 3.13. The number of anilines is 1. The second kappa shape index (κ2) is 10.3. The van der Waals surface area contributed by atoms with E-state index in [9.17, 15) is 9.59 Å². The summed E-state index contributed by atoms with van der Waals surface area (Å²) in [6, 6.07) is 7.78. The Hall–Kier alpha value is -2.41. The van der Waals surface area contributed by atoms with E-state index in [1.807, 2.05) is 31.2 Å².